The molecule has 0 unspecified atom stereocenters. The van der Waals surface area contributed by atoms with E-state index in [0.717, 1.165) is 16.7 Å². The van der Waals surface area contributed by atoms with Crippen LogP contribution in [0.25, 0.3) is 0 Å². The molecule has 0 spiro atoms. The minimum Gasteiger partial charge on any atom is -0.480 e. The number of rotatable bonds is 7. The molecule has 0 aliphatic heterocycles. The van der Waals surface area contributed by atoms with E-state index in [2.05, 4.69) is 37.7 Å². The molecule has 0 N–H and O–H groups in total. The molecule has 0 bridgehead atoms. The summed E-state index contributed by atoms with van der Waals surface area (Å²) >= 11 is 0. The van der Waals surface area contributed by atoms with Crippen molar-refractivity contribution < 1.29 is 19.1 Å². The van der Waals surface area contributed by atoms with Gasteiger partial charge in [-0.15, -0.1) is 0 Å². The predicted molar refractivity (Wildman–Crippen MR) is 251 cm³/mol. The third-order valence-corrected chi connectivity index (χ3v) is 6.95. The van der Waals surface area contributed by atoms with Gasteiger partial charge in [0.2, 0.25) is 5.88 Å². The first kappa shape index (κ1) is 65.3. The SMILES string of the molecule is CC.CC.CC.CC.CC.CC.CC(C)c1cc(C(=O)N(C)C)c(=O)n(C)c1.CC(C)c1ccnc(C(=O)N(C)C)c1.COc1ncc(C(C)C)cc1C(=O)N(C)C. The van der Waals surface area contributed by atoms with Gasteiger partial charge in [-0.2, -0.15) is 0 Å². The first-order valence-electron chi connectivity index (χ1n) is 21.2. The Kier molecular flexibility index (Phi) is 44.3. The lowest BCUT2D eigenvalue weighted by Gasteiger charge is -2.14. The minimum absolute atomic E-state index is 0.0486. The van der Waals surface area contributed by atoms with Gasteiger partial charge >= 0.3 is 0 Å². The van der Waals surface area contributed by atoms with Gasteiger partial charge in [-0.25, -0.2) is 4.98 Å². The molecule has 0 saturated carbocycles. The lowest BCUT2D eigenvalue weighted by atomic mass is 10.0. The number of methoxy groups -OCH3 is 1. The number of pyridine rings is 3. The molecule has 3 rings (SSSR count). The lowest BCUT2D eigenvalue weighted by Crippen LogP contribution is -2.31. The highest BCUT2D eigenvalue weighted by Gasteiger charge is 2.18. The van der Waals surface area contributed by atoms with Crippen LogP contribution in [-0.2, 0) is 7.05 Å². The lowest BCUT2D eigenvalue weighted by molar-refractivity contribution is 0.0815. The van der Waals surface area contributed by atoms with E-state index in [-0.39, 0.29) is 28.8 Å². The van der Waals surface area contributed by atoms with Gasteiger partial charge in [0.1, 0.15) is 16.8 Å². The topological polar surface area (TPSA) is 118 Å². The zero-order chi connectivity index (χ0) is 47.5. The number of carbonyl (C=O) groups excluding carboxylic acids is 3. The van der Waals surface area contributed by atoms with Gasteiger partial charge in [-0.1, -0.05) is 125 Å². The number of carbonyl (C=O) groups is 3. The van der Waals surface area contributed by atoms with E-state index in [4.69, 9.17) is 4.74 Å². The molecule has 0 aliphatic rings. The summed E-state index contributed by atoms with van der Waals surface area (Å²) in [7, 11) is 13.4. The molecule has 336 valence electrons. The van der Waals surface area contributed by atoms with E-state index in [1.807, 2.05) is 115 Å². The van der Waals surface area contributed by atoms with Crippen molar-refractivity contribution in [2.24, 2.45) is 7.05 Å². The standard InChI is InChI=1S/2C12H18N2O2.C11H16N2O.6C2H6/c1-8(2)9-6-10(12(15)14(3)4)11(16-5)13-7-9;1-8(2)9-6-10(11(15)13(3)4)12(16)14(5)7-9;1-8(2)9-5-6-12-10(7-9)11(14)13(3)4;6*1-2/h2*6-8H,1-5H3;5-8H,1-4H3;6*1-2H3. The zero-order valence-corrected chi connectivity index (χ0v) is 42.0. The quantitative estimate of drug-likeness (QED) is 0.233. The fraction of sp³-hybridized carbons (Fsp3) is 0.617. The van der Waals surface area contributed by atoms with Crippen molar-refractivity contribution >= 4 is 17.7 Å². The largest absolute Gasteiger partial charge is 0.480 e. The highest BCUT2D eigenvalue weighted by molar-refractivity contribution is 5.96. The van der Waals surface area contributed by atoms with E-state index in [9.17, 15) is 19.2 Å². The minimum atomic E-state index is -0.247. The molecule has 0 radical (unpaired) electrons. The highest BCUT2D eigenvalue weighted by atomic mass is 16.5. The van der Waals surface area contributed by atoms with Gasteiger partial charge in [0.05, 0.1) is 7.11 Å². The predicted octanol–water partition coefficient (Wildman–Crippen LogP) is 11.2. The highest BCUT2D eigenvalue weighted by Crippen LogP contribution is 2.22. The summed E-state index contributed by atoms with van der Waals surface area (Å²) < 4.78 is 6.56. The molecule has 11 nitrogen and oxygen atoms in total. The van der Waals surface area contributed by atoms with Crippen LogP contribution in [0.1, 0.15) is 190 Å². The number of ether oxygens (including phenoxy) is 1. The molecule has 0 aliphatic carbocycles. The zero-order valence-electron chi connectivity index (χ0n) is 42.0. The van der Waals surface area contributed by atoms with Gasteiger partial charge in [0.15, 0.2) is 0 Å². The molecule has 3 heterocycles. The van der Waals surface area contributed by atoms with Gasteiger partial charge in [-0.3, -0.25) is 24.2 Å². The van der Waals surface area contributed by atoms with E-state index in [0.29, 0.717) is 34.9 Å². The Labute approximate surface area is 356 Å². The van der Waals surface area contributed by atoms with Gasteiger partial charge in [-0.05, 0) is 58.7 Å². The Morgan fingerprint density at radius 1 is 0.569 bits per heavy atom. The van der Waals surface area contributed by atoms with Crippen molar-refractivity contribution in [2.45, 2.75) is 142 Å². The first-order valence-corrected chi connectivity index (χ1v) is 21.2. The van der Waals surface area contributed by atoms with Crippen molar-refractivity contribution in [1.29, 1.82) is 0 Å². The maximum absolute atomic E-state index is 11.9. The summed E-state index contributed by atoms with van der Waals surface area (Å²) in [5.74, 6) is 1.05. The van der Waals surface area contributed by atoms with Crippen LogP contribution in [0.2, 0.25) is 0 Å². The van der Waals surface area contributed by atoms with Crippen LogP contribution >= 0.6 is 0 Å². The molecule has 58 heavy (non-hydrogen) atoms. The van der Waals surface area contributed by atoms with Crippen LogP contribution < -0.4 is 10.3 Å². The van der Waals surface area contributed by atoms with Crippen LogP contribution in [0.15, 0.2) is 47.7 Å². The Morgan fingerprint density at radius 2 is 0.948 bits per heavy atom. The summed E-state index contributed by atoms with van der Waals surface area (Å²) in [6.45, 7) is 36.4. The molecule has 3 aromatic rings. The van der Waals surface area contributed by atoms with Crippen molar-refractivity contribution in [3.63, 3.8) is 0 Å². The van der Waals surface area contributed by atoms with Gasteiger partial charge in [0, 0.05) is 67.9 Å². The molecule has 0 fully saturated rings. The van der Waals surface area contributed by atoms with Crippen molar-refractivity contribution in [1.82, 2.24) is 29.2 Å². The number of hydrogen-bond acceptors (Lipinski definition) is 7. The molecular formula is C47H88N6O5. The normalized spacial score (nSPS) is 8.91. The van der Waals surface area contributed by atoms with Crippen molar-refractivity contribution in [3.05, 3.63) is 86.7 Å². The average Bonchev–Trinajstić information content (AvgIpc) is 3.25. The van der Waals surface area contributed by atoms with Crippen molar-refractivity contribution in [3.8, 4) is 5.88 Å². The first-order chi connectivity index (χ1) is 27.3. The second kappa shape index (κ2) is 39.3. The Bertz CT molecular complexity index is 1540. The van der Waals surface area contributed by atoms with E-state index in [1.165, 1.54) is 26.4 Å². The number of hydrogen-bond donors (Lipinski definition) is 0. The third kappa shape index (κ3) is 25.0. The smallest absolute Gasteiger partial charge is 0.271 e. The molecule has 3 amide bonds. The number of nitrogens with zero attached hydrogens (tertiary/aromatic N) is 6. The van der Waals surface area contributed by atoms with Gasteiger partial charge in [0.25, 0.3) is 23.3 Å². The van der Waals surface area contributed by atoms with Crippen molar-refractivity contribution in [2.75, 3.05) is 49.4 Å². The number of amides is 3. The summed E-state index contributed by atoms with van der Waals surface area (Å²) in [5, 5.41) is 0. The Hall–Kier alpha value is -4.54. The fourth-order valence-electron chi connectivity index (χ4n) is 3.94. The van der Waals surface area contributed by atoms with Gasteiger partial charge < -0.3 is 24.0 Å². The Balaban J connectivity index is -0.000000154. The second-order valence-corrected chi connectivity index (χ2v) is 12.5. The molecule has 11 heteroatoms. The van der Waals surface area contributed by atoms with Crippen LogP contribution in [-0.4, -0.2) is 96.4 Å². The maximum atomic E-state index is 11.9. The molecule has 0 aromatic carbocycles. The van der Waals surface area contributed by atoms with Crippen LogP contribution in [0.5, 0.6) is 5.88 Å². The summed E-state index contributed by atoms with van der Waals surface area (Å²) in [5.41, 5.74) is 4.19. The van der Waals surface area contributed by atoms with E-state index >= 15 is 0 Å². The Morgan fingerprint density at radius 3 is 1.31 bits per heavy atom. The summed E-state index contributed by atoms with van der Waals surface area (Å²) in [6.07, 6.45) is 5.21. The van der Waals surface area contributed by atoms with E-state index < -0.39 is 0 Å². The maximum Gasteiger partial charge on any atom is 0.271 e. The summed E-state index contributed by atoms with van der Waals surface area (Å²) in [6, 6.07) is 7.33. The summed E-state index contributed by atoms with van der Waals surface area (Å²) in [4.78, 5) is 59.8. The molecular weight excluding hydrogens is 729 g/mol. The molecule has 3 aromatic heterocycles. The fourth-order valence-corrected chi connectivity index (χ4v) is 3.94. The van der Waals surface area contributed by atoms with Crippen LogP contribution in [0.4, 0.5) is 0 Å². The van der Waals surface area contributed by atoms with Crippen LogP contribution in [0, 0.1) is 0 Å². The van der Waals surface area contributed by atoms with E-state index in [1.54, 1.807) is 74.0 Å². The number of aromatic nitrogens is 3. The van der Waals surface area contributed by atoms with Crippen LogP contribution in [0.3, 0.4) is 0 Å². The molecule has 0 saturated heterocycles. The second-order valence-electron chi connectivity index (χ2n) is 12.5. The monoisotopic (exact) mass is 817 g/mol. The molecule has 0 atom stereocenters. The average molecular weight is 817 g/mol. The number of aryl methyl sites for hydroxylation is 1. The third-order valence-electron chi connectivity index (χ3n) is 6.95.